The molecule has 4 aromatic carbocycles. The minimum Gasteiger partial charge on any atom is -0.121 e. The van der Waals surface area contributed by atoms with Gasteiger partial charge in [0.1, 0.15) is 0 Å². The summed E-state index contributed by atoms with van der Waals surface area (Å²) in [5, 5.41) is 0. The maximum atomic E-state index is 3.18. The summed E-state index contributed by atoms with van der Waals surface area (Å²) in [4.78, 5) is -0.299. The predicted octanol–water partition coefficient (Wildman–Crippen LogP) is 6.82. The summed E-state index contributed by atoms with van der Waals surface area (Å²) in [6.07, 6.45) is 0.893. The summed E-state index contributed by atoms with van der Waals surface area (Å²) < 4.78 is 0. The van der Waals surface area contributed by atoms with Gasteiger partial charge in [-0.1, -0.05) is 121 Å². The summed E-state index contributed by atoms with van der Waals surface area (Å²) in [6, 6.07) is 43.4. The van der Waals surface area contributed by atoms with Crippen molar-refractivity contribution in [1.29, 1.82) is 0 Å². The number of hydrogen-bond acceptors (Lipinski definition) is 0. The predicted molar refractivity (Wildman–Crippen MR) is 131 cm³/mol. The highest BCUT2D eigenvalue weighted by Gasteiger charge is 2.49. The standard InChI is InChI=1S/C27H26P2/c28-27(29,25-19-11-4-12-20-25)26(23-15-7-2-8-16-23,24-17-9-3-10-18-24)21-22-13-5-1-6-14-22/h1-20H,21,28-29H2. The lowest BCUT2D eigenvalue weighted by atomic mass is 9.66. The zero-order valence-corrected chi connectivity index (χ0v) is 18.7. The van der Waals surface area contributed by atoms with Gasteiger partial charge in [-0.3, -0.25) is 0 Å². The molecular weight excluding hydrogens is 386 g/mol. The van der Waals surface area contributed by atoms with E-state index < -0.39 is 0 Å². The molecule has 0 spiro atoms. The molecule has 4 rings (SSSR count). The van der Waals surface area contributed by atoms with E-state index in [1.807, 2.05) is 0 Å². The van der Waals surface area contributed by atoms with Crippen LogP contribution in [0.5, 0.6) is 0 Å². The Morgan fingerprint density at radius 2 is 0.793 bits per heavy atom. The molecule has 29 heavy (non-hydrogen) atoms. The van der Waals surface area contributed by atoms with Crippen molar-refractivity contribution in [2.75, 3.05) is 0 Å². The second-order valence-electron chi connectivity index (χ2n) is 7.53. The third-order valence-corrected chi connectivity index (χ3v) is 7.46. The van der Waals surface area contributed by atoms with E-state index in [-0.39, 0.29) is 10.3 Å². The lowest BCUT2D eigenvalue weighted by Gasteiger charge is -2.48. The molecule has 4 aromatic rings. The largest absolute Gasteiger partial charge is 0.121 e. The average molecular weight is 412 g/mol. The maximum Gasteiger partial charge on any atom is 0.0407 e. The van der Waals surface area contributed by atoms with Gasteiger partial charge in [0.2, 0.25) is 0 Å². The number of benzene rings is 4. The molecule has 0 nitrogen and oxygen atoms in total. The van der Waals surface area contributed by atoms with Crippen LogP contribution in [-0.2, 0) is 16.7 Å². The van der Waals surface area contributed by atoms with Crippen molar-refractivity contribution >= 4 is 18.5 Å². The van der Waals surface area contributed by atoms with Crippen molar-refractivity contribution in [1.82, 2.24) is 0 Å². The van der Waals surface area contributed by atoms with Crippen molar-refractivity contribution in [3.05, 3.63) is 144 Å². The van der Waals surface area contributed by atoms with Crippen molar-refractivity contribution in [3.63, 3.8) is 0 Å². The van der Waals surface area contributed by atoms with E-state index >= 15 is 0 Å². The average Bonchev–Trinajstić information content (AvgIpc) is 2.80. The summed E-state index contributed by atoms with van der Waals surface area (Å²) in [6.45, 7) is 0. The molecule has 0 heterocycles. The van der Waals surface area contributed by atoms with E-state index in [9.17, 15) is 0 Å². The van der Waals surface area contributed by atoms with E-state index in [0.29, 0.717) is 0 Å². The maximum absolute atomic E-state index is 3.18. The minimum absolute atomic E-state index is 0.284. The number of hydrogen-bond donors (Lipinski definition) is 0. The second kappa shape index (κ2) is 8.62. The lowest BCUT2D eigenvalue weighted by molar-refractivity contribution is 0.465. The first-order valence-corrected chi connectivity index (χ1v) is 11.1. The molecule has 0 N–H and O–H groups in total. The van der Waals surface area contributed by atoms with Crippen LogP contribution in [0, 0.1) is 0 Å². The van der Waals surface area contributed by atoms with Gasteiger partial charge in [-0.25, -0.2) is 0 Å². The van der Waals surface area contributed by atoms with Gasteiger partial charge in [-0.05, 0) is 28.7 Å². The van der Waals surface area contributed by atoms with Gasteiger partial charge in [0.05, 0.1) is 0 Å². The zero-order chi connectivity index (χ0) is 20.2. The molecule has 0 aromatic heterocycles. The molecule has 0 amide bonds. The Bertz CT molecular complexity index is 987. The fourth-order valence-electron chi connectivity index (χ4n) is 4.30. The van der Waals surface area contributed by atoms with Crippen molar-refractivity contribution in [2.45, 2.75) is 16.7 Å². The quantitative estimate of drug-likeness (QED) is 0.305. The van der Waals surface area contributed by atoms with Crippen LogP contribution in [0.15, 0.2) is 121 Å². The Labute approximate surface area is 178 Å². The zero-order valence-electron chi connectivity index (χ0n) is 16.4. The Morgan fingerprint density at radius 1 is 0.448 bits per heavy atom. The first kappa shape index (κ1) is 20.0. The molecule has 2 atom stereocenters. The molecule has 0 bridgehead atoms. The van der Waals surface area contributed by atoms with Crippen molar-refractivity contribution in [2.24, 2.45) is 0 Å². The van der Waals surface area contributed by atoms with Crippen molar-refractivity contribution in [3.8, 4) is 0 Å². The highest BCUT2D eigenvalue weighted by molar-refractivity contribution is 7.39. The van der Waals surface area contributed by atoms with Gasteiger partial charge in [-0.15, -0.1) is 18.5 Å². The van der Waals surface area contributed by atoms with Crippen molar-refractivity contribution < 1.29 is 0 Å². The highest BCUT2D eigenvalue weighted by atomic mass is 31.1. The molecule has 0 aliphatic carbocycles. The summed E-state index contributed by atoms with van der Waals surface area (Å²) >= 11 is 0. The van der Waals surface area contributed by atoms with Gasteiger partial charge in [-0.2, -0.15) is 0 Å². The van der Waals surface area contributed by atoms with Gasteiger partial charge >= 0.3 is 0 Å². The Kier molecular flexibility index (Phi) is 5.96. The van der Waals surface area contributed by atoms with Crippen LogP contribution in [0.3, 0.4) is 0 Å². The molecule has 0 saturated carbocycles. The van der Waals surface area contributed by atoms with Gasteiger partial charge in [0.25, 0.3) is 0 Å². The highest BCUT2D eigenvalue weighted by Crippen LogP contribution is 2.58. The van der Waals surface area contributed by atoms with Crippen LogP contribution >= 0.6 is 18.5 Å². The first-order chi connectivity index (χ1) is 14.1. The summed E-state index contributed by atoms with van der Waals surface area (Å²) in [7, 11) is 6.36. The monoisotopic (exact) mass is 412 g/mol. The van der Waals surface area contributed by atoms with Gasteiger partial charge in [0, 0.05) is 10.3 Å². The summed E-state index contributed by atoms with van der Waals surface area (Å²) in [5.41, 5.74) is 4.94. The Hall–Kier alpha value is -2.26. The Morgan fingerprint density at radius 3 is 1.21 bits per heavy atom. The molecule has 0 aliphatic heterocycles. The van der Waals surface area contributed by atoms with Gasteiger partial charge in [0.15, 0.2) is 0 Å². The van der Waals surface area contributed by atoms with Crippen LogP contribution in [0.4, 0.5) is 0 Å². The van der Waals surface area contributed by atoms with E-state index in [1.165, 1.54) is 22.3 Å². The fraction of sp³-hybridized carbons (Fsp3) is 0.111. The molecule has 0 radical (unpaired) electrons. The van der Waals surface area contributed by atoms with E-state index in [2.05, 4.69) is 140 Å². The molecule has 2 unspecified atom stereocenters. The molecule has 144 valence electrons. The SMILES string of the molecule is PC(P)(c1ccccc1)C(Cc1ccccc1)(c1ccccc1)c1ccccc1. The topological polar surface area (TPSA) is 0 Å². The third kappa shape index (κ3) is 3.81. The van der Waals surface area contributed by atoms with Crippen LogP contribution in [0.25, 0.3) is 0 Å². The minimum atomic E-state index is -0.299. The first-order valence-electron chi connectivity index (χ1n) is 9.93. The van der Waals surface area contributed by atoms with Crippen LogP contribution in [-0.4, -0.2) is 0 Å². The van der Waals surface area contributed by atoms with Crippen LogP contribution in [0.2, 0.25) is 0 Å². The van der Waals surface area contributed by atoms with E-state index in [1.54, 1.807) is 0 Å². The van der Waals surface area contributed by atoms with Crippen LogP contribution in [0.1, 0.15) is 22.3 Å². The molecular formula is C27H26P2. The van der Waals surface area contributed by atoms with Crippen LogP contribution < -0.4 is 0 Å². The molecule has 0 fully saturated rings. The number of rotatable bonds is 6. The molecule has 2 heteroatoms. The fourth-order valence-corrected chi connectivity index (χ4v) is 5.56. The van der Waals surface area contributed by atoms with E-state index in [0.717, 1.165) is 6.42 Å². The van der Waals surface area contributed by atoms with Gasteiger partial charge < -0.3 is 0 Å². The lowest BCUT2D eigenvalue weighted by Crippen LogP contribution is -2.44. The third-order valence-electron chi connectivity index (χ3n) is 5.80. The Balaban J connectivity index is 2.03. The normalized spacial score (nSPS) is 11.9. The smallest absolute Gasteiger partial charge is 0.0407 e. The molecule has 0 saturated heterocycles. The second-order valence-corrected chi connectivity index (χ2v) is 10.0. The molecule has 0 aliphatic rings. The van der Waals surface area contributed by atoms with E-state index in [4.69, 9.17) is 0 Å². The summed E-state index contributed by atoms with van der Waals surface area (Å²) in [5.74, 6) is 0.